The number of nitrogens with zero attached hydrogens (tertiary/aromatic N) is 1. The average molecular weight is 359 g/mol. The standard InChI is InChI=1S/C15H16F3N3O2S/c1-3-9(2)19-13(22)12-8-24-14(21-12)20-10-4-6-11(7-5-10)23-15(16,17)18/h4-9H,3H2,1-2H3,(H,19,22)(H,20,21). The molecule has 2 N–H and O–H groups in total. The summed E-state index contributed by atoms with van der Waals surface area (Å²) in [6.45, 7) is 3.86. The molecule has 0 saturated carbocycles. The molecule has 1 aromatic carbocycles. The molecular formula is C15H16F3N3O2S. The number of aromatic nitrogens is 1. The van der Waals surface area contributed by atoms with Crippen molar-refractivity contribution in [3.05, 3.63) is 35.3 Å². The molecule has 0 radical (unpaired) electrons. The molecule has 1 amide bonds. The SMILES string of the molecule is CCC(C)NC(=O)c1csc(Nc2ccc(OC(F)(F)F)cc2)n1. The summed E-state index contributed by atoms with van der Waals surface area (Å²) in [5.74, 6) is -0.566. The topological polar surface area (TPSA) is 63.2 Å². The van der Waals surface area contributed by atoms with E-state index in [9.17, 15) is 18.0 Å². The van der Waals surface area contributed by atoms with Gasteiger partial charge in [0.25, 0.3) is 5.91 Å². The van der Waals surface area contributed by atoms with E-state index in [1.807, 2.05) is 13.8 Å². The molecule has 2 aromatic rings. The lowest BCUT2D eigenvalue weighted by Gasteiger charge is -2.10. The van der Waals surface area contributed by atoms with Crippen molar-refractivity contribution in [2.45, 2.75) is 32.7 Å². The van der Waals surface area contributed by atoms with E-state index in [1.54, 1.807) is 5.38 Å². The van der Waals surface area contributed by atoms with Crippen molar-refractivity contribution in [2.75, 3.05) is 5.32 Å². The molecule has 24 heavy (non-hydrogen) atoms. The van der Waals surface area contributed by atoms with Gasteiger partial charge in [-0.25, -0.2) is 4.98 Å². The second-order valence-corrected chi connectivity index (χ2v) is 5.88. The normalized spacial score (nSPS) is 12.5. The molecule has 1 heterocycles. The molecule has 1 aromatic heterocycles. The first-order chi connectivity index (χ1) is 11.3. The molecule has 1 atom stereocenters. The van der Waals surface area contributed by atoms with Gasteiger partial charge < -0.3 is 15.4 Å². The number of alkyl halides is 3. The molecule has 2 rings (SSSR count). The van der Waals surface area contributed by atoms with Gasteiger partial charge in [-0.05, 0) is 37.6 Å². The summed E-state index contributed by atoms with van der Waals surface area (Å²) in [7, 11) is 0. The quantitative estimate of drug-likeness (QED) is 0.807. The molecule has 130 valence electrons. The molecule has 5 nitrogen and oxygen atoms in total. The van der Waals surface area contributed by atoms with Crippen LogP contribution in [0.25, 0.3) is 0 Å². The Bertz CT molecular complexity index is 686. The van der Waals surface area contributed by atoms with Gasteiger partial charge in [-0.15, -0.1) is 24.5 Å². The molecule has 1 unspecified atom stereocenters. The first-order valence-electron chi connectivity index (χ1n) is 7.16. The van der Waals surface area contributed by atoms with Crippen molar-refractivity contribution in [3.8, 4) is 5.75 Å². The Balaban J connectivity index is 1.98. The van der Waals surface area contributed by atoms with Gasteiger partial charge in [0.2, 0.25) is 0 Å². The Labute approximate surface area is 140 Å². The third kappa shape index (κ3) is 5.41. The molecule has 0 aliphatic carbocycles. The maximum absolute atomic E-state index is 12.1. The van der Waals surface area contributed by atoms with Gasteiger partial charge in [0.1, 0.15) is 11.4 Å². The number of benzene rings is 1. The monoisotopic (exact) mass is 359 g/mol. The first-order valence-corrected chi connectivity index (χ1v) is 8.04. The zero-order valence-corrected chi connectivity index (χ0v) is 13.8. The number of thiazole rings is 1. The van der Waals surface area contributed by atoms with Crippen LogP contribution in [-0.4, -0.2) is 23.3 Å². The van der Waals surface area contributed by atoms with E-state index in [1.165, 1.54) is 35.6 Å². The predicted octanol–water partition coefficient (Wildman–Crippen LogP) is 4.31. The second-order valence-electron chi connectivity index (χ2n) is 5.02. The van der Waals surface area contributed by atoms with Crippen LogP contribution in [0.5, 0.6) is 5.75 Å². The minimum Gasteiger partial charge on any atom is -0.406 e. The van der Waals surface area contributed by atoms with E-state index in [0.717, 1.165) is 6.42 Å². The van der Waals surface area contributed by atoms with Crippen LogP contribution in [0.2, 0.25) is 0 Å². The van der Waals surface area contributed by atoms with Crippen molar-refractivity contribution in [2.24, 2.45) is 0 Å². The fourth-order valence-electron chi connectivity index (χ4n) is 1.70. The third-order valence-corrected chi connectivity index (χ3v) is 3.82. The predicted molar refractivity (Wildman–Crippen MR) is 85.7 cm³/mol. The van der Waals surface area contributed by atoms with Crippen molar-refractivity contribution < 1.29 is 22.7 Å². The second kappa shape index (κ2) is 7.52. The number of nitrogens with one attached hydrogen (secondary N) is 2. The molecule has 0 aliphatic heterocycles. The van der Waals surface area contributed by atoms with Gasteiger partial charge in [0.15, 0.2) is 5.13 Å². The Morgan fingerprint density at radius 3 is 2.58 bits per heavy atom. The molecule has 0 bridgehead atoms. The Kier molecular flexibility index (Phi) is 5.66. The minimum absolute atomic E-state index is 0.0526. The molecule has 0 fully saturated rings. The van der Waals surface area contributed by atoms with Crippen molar-refractivity contribution in [3.63, 3.8) is 0 Å². The van der Waals surface area contributed by atoms with E-state index in [-0.39, 0.29) is 17.7 Å². The van der Waals surface area contributed by atoms with Gasteiger partial charge in [0.05, 0.1) is 0 Å². The van der Waals surface area contributed by atoms with Gasteiger partial charge in [-0.2, -0.15) is 0 Å². The van der Waals surface area contributed by atoms with E-state index in [0.29, 0.717) is 16.5 Å². The highest BCUT2D eigenvalue weighted by molar-refractivity contribution is 7.14. The highest BCUT2D eigenvalue weighted by atomic mass is 32.1. The summed E-state index contributed by atoms with van der Waals surface area (Å²) >= 11 is 1.23. The van der Waals surface area contributed by atoms with Crippen molar-refractivity contribution in [1.82, 2.24) is 10.3 Å². The summed E-state index contributed by atoms with van der Waals surface area (Å²) in [4.78, 5) is 16.1. The number of carbonyl (C=O) groups excluding carboxylic acids is 1. The fraction of sp³-hybridized carbons (Fsp3) is 0.333. The van der Waals surface area contributed by atoms with E-state index < -0.39 is 6.36 Å². The summed E-state index contributed by atoms with van der Waals surface area (Å²) in [6.07, 6.45) is -3.91. The van der Waals surface area contributed by atoms with Crippen LogP contribution in [-0.2, 0) is 0 Å². The molecule has 0 aliphatic rings. The maximum Gasteiger partial charge on any atom is 0.573 e. The number of amides is 1. The Hall–Kier alpha value is -2.29. The van der Waals surface area contributed by atoms with Gasteiger partial charge >= 0.3 is 6.36 Å². The van der Waals surface area contributed by atoms with Gasteiger partial charge in [0, 0.05) is 17.1 Å². The lowest BCUT2D eigenvalue weighted by atomic mass is 10.2. The van der Waals surface area contributed by atoms with Crippen LogP contribution in [0.1, 0.15) is 30.8 Å². The number of ether oxygens (including phenoxy) is 1. The van der Waals surface area contributed by atoms with Crippen molar-refractivity contribution >= 4 is 28.1 Å². The fourth-order valence-corrected chi connectivity index (χ4v) is 2.41. The van der Waals surface area contributed by atoms with Crippen LogP contribution in [0.4, 0.5) is 24.0 Å². The molecule has 0 saturated heterocycles. The zero-order chi connectivity index (χ0) is 17.7. The summed E-state index contributed by atoms with van der Waals surface area (Å²) in [6, 6.07) is 5.31. The average Bonchev–Trinajstić information content (AvgIpc) is 2.96. The van der Waals surface area contributed by atoms with Crippen LogP contribution in [0.3, 0.4) is 0 Å². The number of halogens is 3. The number of hydrogen-bond donors (Lipinski definition) is 2. The molecule has 0 spiro atoms. The number of hydrogen-bond acceptors (Lipinski definition) is 5. The van der Waals surface area contributed by atoms with Gasteiger partial charge in [-0.1, -0.05) is 6.92 Å². The summed E-state index contributed by atoms with van der Waals surface area (Å²) in [5, 5.41) is 7.81. The summed E-state index contributed by atoms with van der Waals surface area (Å²) in [5.41, 5.74) is 0.826. The van der Waals surface area contributed by atoms with Crippen LogP contribution >= 0.6 is 11.3 Å². The smallest absolute Gasteiger partial charge is 0.406 e. The maximum atomic E-state index is 12.1. The highest BCUT2D eigenvalue weighted by Crippen LogP contribution is 2.26. The molecule has 9 heteroatoms. The number of anilines is 2. The summed E-state index contributed by atoms with van der Waals surface area (Å²) < 4.78 is 40.1. The van der Waals surface area contributed by atoms with Crippen LogP contribution in [0.15, 0.2) is 29.6 Å². The Morgan fingerprint density at radius 2 is 2.00 bits per heavy atom. The lowest BCUT2D eigenvalue weighted by molar-refractivity contribution is -0.274. The van der Waals surface area contributed by atoms with Crippen LogP contribution < -0.4 is 15.4 Å². The van der Waals surface area contributed by atoms with E-state index >= 15 is 0 Å². The van der Waals surface area contributed by atoms with Crippen LogP contribution in [0, 0.1) is 0 Å². The minimum atomic E-state index is -4.72. The number of rotatable bonds is 6. The number of carbonyl (C=O) groups is 1. The highest BCUT2D eigenvalue weighted by Gasteiger charge is 2.30. The Morgan fingerprint density at radius 1 is 1.33 bits per heavy atom. The van der Waals surface area contributed by atoms with Gasteiger partial charge in [-0.3, -0.25) is 4.79 Å². The molecular weight excluding hydrogens is 343 g/mol. The largest absolute Gasteiger partial charge is 0.573 e. The van der Waals surface area contributed by atoms with E-state index in [4.69, 9.17) is 0 Å². The van der Waals surface area contributed by atoms with E-state index in [2.05, 4.69) is 20.4 Å². The zero-order valence-electron chi connectivity index (χ0n) is 13.0. The first kappa shape index (κ1) is 18.1. The lowest BCUT2D eigenvalue weighted by Crippen LogP contribution is -2.32. The third-order valence-electron chi connectivity index (χ3n) is 3.07. The van der Waals surface area contributed by atoms with Crippen molar-refractivity contribution in [1.29, 1.82) is 0 Å².